The molecule has 7 nitrogen and oxygen atoms in total. The minimum atomic E-state index is -1.18. The fourth-order valence-electron chi connectivity index (χ4n) is 1.51. The molecule has 0 aromatic heterocycles. The highest BCUT2D eigenvalue weighted by atomic mass is 16.5. The number of phenolic OH excluding ortho intramolecular Hbond substituents is 1. The van der Waals surface area contributed by atoms with Gasteiger partial charge in [0.2, 0.25) is 0 Å². The van der Waals surface area contributed by atoms with Gasteiger partial charge in [0.25, 0.3) is 5.91 Å². The average Bonchev–Trinajstić information content (AvgIpc) is 2.36. The Morgan fingerprint density at radius 2 is 1.77 bits per heavy atom. The van der Waals surface area contributed by atoms with Crippen molar-refractivity contribution in [2.45, 2.75) is 39.3 Å². The van der Waals surface area contributed by atoms with E-state index >= 15 is 0 Å². The van der Waals surface area contributed by atoms with Crippen LogP contribution in [0.4, 0.5) is 4.79 Å². The van der Waals surface area contributed by atoms with Crippen LogP contribution in [0.15, 0.2) is 24.3 Å². The van der Waals surface area contributed by atoms with E-state index < -0.39 is 29.6 Å². The van der Waals surface area contributed by atoms with E-state index in [1.54, 1.807) is 32.9 Å². The van der Waals surface area contributed by atoms with Crippen LogP contribution in [0.3, 0.4) is 0 Å². The maximum absolute atomic E-state index is 11.8. The van der Waals surface area contributed by atoms with Gasteiger partial charge in [0.15, 0.2) is 6.10 Å². The molecule has 0 aliphatic carbocycles. The van der Waals surface area contributed by atoms with Crippen molar-refractivity contribution >= 4 is 17.9 Å². The molecule has 0 bridgehead atoms. The molecule has 1 aromatic carbocycles. The number of urea groups is 1. The molecule has 0 aliphatic heterocycles. The Kier molecular flexibility index (Phi) is 5.50. The van der Waals surface area contributed by atoms with Crippen LogP contribution in [0.1, 0.15) is 38.1 Å². The van der Waals surface area contributed by atoms with Crippen molar-refractivity contribution in [3.05, 3.63) is 29.8 Å². The topological polar surface area (TPSA) is 105 Å². The smallest absolute Gasteiger partial charge is 0.342 e. The Morgan fingerprint density at radius 3 is 2.32 bits per heavy atom. The number of phenols is 1. The number of carbonyl (C=O) groups excluding carboxylic acids is 3. The van der Waals surface area contributed by atoms with Gasteiger partial charge in [-0.25, -0.2) is 9.59 Å². The summed E-state index contributed by atoms with van der Waals surface area (Å²) < 4.78 is 4.92. The van der Waals surface area contributed by atoms with E-state index in [2.05, 4.69) is 10.6 Å². The van der Waals surface area contributed by atoms with Crippen molar-refractivity contribution < 1.29 is 24.2 Å². The van der Waals surface area contributed by atoms with Gasteiger partial charge in [-0.2, -0.15) is 0 Å². The molecule has 0 unspecified atom stereocenters. The summed E-state index contributed by atoms with van der Waals surface area (Å²) >= 11 is 0. The van der Waals surface area contributed by atoms with Crippen LogP contribution >= 0.6 is 0 Å². The van der Waals surface area contributed by atoms with Gasteiger partial charge in [0.05, 0.1) is 0 Å². The number of hydrogen-bond donors (Lipinski definition) is 3. The number of nitrogens with one attached hydrogen (secondary N) is 2. The number of aromatic hydroxyl groups is 1. The van der Waals surface area contributed by atoms with Gasteiger partial charge >= 0.3 is 12.0 Å². The molecule has 22 heavy (non-hydrogen) atoms. The highest BCUT2D eigenvalue weighted by Gasteiger charge is 2.23. The van der Waals surface area contributed by atoms with Gasteiger partial charge < -0.3 is 15.2 Å². The fourth-order valence-corrected chi connectivity index (χ4v) is 1.51. The Bertz CT molecular complexity index is 578. The zero-order chi connectivity index (χ0) is 16.9. The molecule has 0 fully saturated rings. The second kappa shape index (κ2) is 6.93. The predicted molar refractivity (Wildman–Crippen MR) is 79.4 cm³/mol. The molecule has 0 saturated heterocycles. The first kappa shape index (κ1) is 17.5. The van der Waals surface area contributed by atoms with Crippen LogP contribution in [-0.4, -0.2) is 34.7 Å². The SMILES string of the molecule is C[C@H](OC(=O)c1ccccc1O)C(=O)NC(=O)NC(C)(C)C. The van der Waals surface area contributed by atoms with Gasteiger partial charge in [-0.05, 0) is 39.8 Å². The first-order valence-corrected chi connectivity index (χ1v) is 6.72. The number of hydrogen-bond acceptors (Lipinski definition) is 5. The second-order valence-electron chi connectivity index (χ2n) is 5.76. The number of esters is 1. The van der Waals surface area contributed by atoms with Crippen LogP contribution in [-0.2, 0) is 9.53 Å². The monoisotopic (exact) mass is 308 g/mol. The van der Waals surface area contributed by atoms with E-state index in [1.165, 1.54) is 19.1 Å². The lowest BCUT2D eigenvalue weighted by molar-refractivity contribution is -0.127. The minimum Gasteiger partial charge on any atom is -0.507 e. The molecule has 0 aliphatic rings. The number of imide groups is 1. The quantitative estimate of drug-likeness (QED) is 0.735. The first-order valence-electron chi connectivity index (χ1n) is 6.72. The fraction of sp³-hybridized carbons (Fsp3) is 0.400. The van der Waals surface area contributed by atoms with Crippen molar-refractivity contribution in [2.75, 3.05) is 0 Å². The predicted octanol–water partition coefficient (Wildman–Crippen LogP) is 1.56. The second-order valence-corrected chi connectivity index (χ2v) is 5.76. The Labute approximate surface area is 128 Å². The molecule has 120 valence electrons. The molecule has 1 aromatic rings. The van der Waals surface area contributed by atoms with Crippen molar-refractivity contribution in [1.29, 1.82) is 0 Å². The number of ether oxygens (including phenoxy) is 1. The Balaban J connectivity index is 2.60. The van der Waals surface area contributed by atoms with Gasteiger partial charge in [-0.1, -0.05) is 12.1 Å². The molecule has 1 atom stereocenters. The number of carbonyl (C=O) groups is 3. The third kappa shape index (κ3) is 5.43. The molecule has 3 amide bonds. The van der Waals surface area contributed by atoms with Crippen molar-refractivity contribution in [2.24, 2.45) is 0 Å². The number of benzene rings is 1. The summed E-state index contributed by atoms with van der Waals surface area (Å²) in [5, 5.41) is 14.2. The standard InChI is InChI=1S/C15H20N2O5/c1-9(12(19)16-14(21)17-15(2,3)4)22-13(20)10-7-5-6-8-11(10)18/h5-9,18H,1-4H3,(H2,16,17,19,21)/t9-/m0/s1. The largest absolute Gasteiger partial charge is 0.507 e. The van der Waals surface area contributed by atoms with Crippen LogP contribution in [0, 0.1) is 0 Å². The number of rotatable bonds is 3. The number of amides is 3. The zero-order valence-corrected chi connectivity index (χ0v) is 13.0. The first-order chi connectivity index (χ1) is 10.1. The normalized spacial score (nSPS) is 12.2. The van der Waals surface area contributed by atoms with Gasteiger partial charge in [0, 0.05) is 5.54 Å². The van der Waals surface area contributed by atoms with E-state index in [0.29, 0.717) is 0 Å². The number of para-hydroxylation sites is 1. The van der Waals surface area contributed by atoms with Crippen LogP contribution in [0.2, 0.25) is 0 Å². The summed E-state index contributed by atoms with van der Waals surface area (Å²) in [5.74, 6) is -1.85. The highest BCUT2D eigenvalue weighted by Crippen LogP contribution is 2.17. The average molecular weight is 308 g/mol. The molecule has 0 radical (unpaired) electrons. The minimum absolute atomic E-state index is 0.0544. The van der Waals surface area contributed by atoms with E-state index in [9.17, 15) is 19.5 Å². The van der Waals surface area contributed by atoms with Crippen molar-refractivity contribution in [1.82, 2.24) is 10.6 Å². The van der Waals surface area contributed by atoms with E-state index in [-0.39, 0.29) is 11.3 Å². The van der Waals surface area contributed by atoms with Crippen LogP contribution in [0.5, 0.6) is 5.75 Å². The molecule has 0 spiro atoms. The Hall–Kier alpha value is -2.57. The van der Waals surface area contributed by atoms with Crippen molar-refractivity contribution in [3.63, 3.8) is 0 Å². The summed E-state index contributed by atoms with van der Waals surface area (Å²) in [6, 6.07) is 5.13. The summed E-state index contributed by atoms with van der Waals surface area (Å²) in [5.41, 5.74) is -0.554. The molecular weight excluding hydrogens is 288 g/mol. The summed E-state index contributed by atoms with van der Waals surface area (Å²) in [7, 11) is 0. The van der Waals surface area contributed by atoms with Crippen molar-refractivity contribution in [3.8, 4) is 5.75 Å². The van der Waals surface area contributed by atoms with Crippen LogP contribution < -0.4 is 10.6 Å². The highest BCUT2D eigenvalue weighted by molar-refractivity contribution is 5.99. The summed E-state index contributed by atoms with van der Waals surface area (Å²) in [6.45, 7) is 6.62. The zero-order valence-electron chi connectivity index (χ0n) is 13.0. The molecule has 1 rings (SSSR count). The maximum atomic E-state index is 11.8. The van der Waals surface area contributed by atoms with E-state index in [0.717, 1.165) is 0 Å². The lowest BCUT2D eigenvalue weighted by Crippen LogP contribution is -2.50. The molecule has 7 heteroatoms. The molecule has 3 N–H and O–H groups in total. The maximum Gasteiger partial charge on any atom is 0.342 e. The van der Waals surface area contributed by atoms with E-state index in [4.69, 9.17) is 4.74 Å². The molecule has 0 saturated carbocycles. The summed E-state index contributed by atoms with van der Waals surface area (Å²) in [4.78, 5) is 35.2. The lowest BCUT2D eigenvalue weighted by Gasteiger charge is -2.21. The Morgan fingerprint density at radius 1 is 1.18 bits per heavy atom. The lowest BCUT2D eigenvalue weighted by atomic mass is 10.1. The summed E-state index contributed by atoms with van der Waals surface area (Å²) in [6.07, 6.45) is -1.18. The van der Waals surface area contributed by atoms with Gasteiger partial charge in [-0.15, -0.1) is 0 Å². The third-order valence-electron chi connectivity index (χ3n) is 2.50. The van der Waals surface area contributed by atoms with Gasteiger partial charge in [0.1, 0.15) is 11.3 Å². The van der Waals surface area contributed by atoms with Gasteiger partial charge in [-0.3, -0.25) is 10.1 Å². The molecular formula is C15H20N2O5. The van der Waals surface area contributed by atoms with E-state index in [1.807, 2.05) is 0 Å². The van der Waals surface area contributed by atoms with Crippen LogP contribution in [0.25, 0.3) is 0 Å². The third-order valence-corrected chi connectivity index (χ3v) is 2.50. The molecule has 0 heterocycles.